The molecule has 0 spiro atoms. The summed E-state index contributed by atoms with van der Waals surface area (Å²) in [5, 5.41) is 7.82. The average molecular weight is 220 g/mol. The van der Waals surface area contributed by atoms with Crippen molar-refractivity contribution in [3.63, 3.8) is 0 Å². The molecule has 0 saturated carbocycles. The van der Waals surface area contributed by atoms with E-state index in [-0.39, 0.29) is 0 Å². The molecule has 1 N–H and O–H groups in total. The summed E-state index contributed by atoms with van der Waals surface area (Å²) in [5.41, 5.74) is 1.00. The maximum atomic E-state index is 7.82. The lowest BCUT2D eigenvalue weighted by atomic mass is 10.2. The van der Waals surface area contributed by atoms with E-state index in [1.165, 1.54) is 0 Å². The van der Waals surface area contributed by atoms with Crippen LogP contribution in [0.4, 0.5) is 5.69 Å². The van der Waals surface area contributed by atoms with Gasteiger partial charge >= 0.3 is 0 Å². The van der Waals surface area contributed by atoms with Crippen LogP contribution in [0.3, 0.4) is 0 Å². The summed E-state index contributed by atoms with van der Waals surface area (Å²) in [6, 6.07) is 5.75. The standard InChI is InChI=1S/C12H16N2O2/c1-15-10-6-5-9(8-11(10)16-2)14-7-3-4-12(14)13/h5-6,8,13H,3-4,7H2,1-2H3. The molecule has 0 bridgehead atoms. The SMILES string of the molecule is COc1ccc(N2CCCC2=N)cc1OC. The zero-order valence-corrected chi connectivity index (χ0v) is 9.62. The number of nitrogens with one attached hydrogen (secondary N) is 1. The average Bonchev–Trinajstić information content (AvgIpc) is 2.74. The first-order valence-corrected chi connectivity index (χ1v) is 5.33. The van der Waals surface area contributed by atoms with Gasteiger partial charge in [0.15, 0.2) is 11.5 Å². The number of hydrogen-bond acceptors (Lipinski definition) is 3. The Balaban J connectivity index is 2.32. The van der Waals surface area contributed by atoms with Gasteiger partial charge in [0.1, 0.15) is 5.84 Å². The maximum Gasteiger partial charge on any atom is 0.162 e. The Kier molecular flexibility index (Phi) is 2.99. The van der Waals surface area contributed by atoms with Gasteiger partial charge in [0.05, 0.1) is 14.2 Å². The lowest BCUT2D eigenvalue weighted by Gasteiger charge is -2.19. The Morgan fingerprint density at radius 2 is 1.94 bits per heavy atom. The molecule has 0 aliphatic carbocycles. The summed E-state index contributed by atoms with van der Waals surface area (Å²) in [4.78, 5) is 2.00. The highest BCUT2D eigenvalue weighted by Gasteiger charge is 2.19. The quantitative estimate of drug-likeness (QED) is 0.850. The van der Waals surface area contributed by atoms with E-state index >= 15 is 0 Å². The molecular formula is C12H16N2O2. The highest BCUT2D eigenvalue weighted by Crippen LogP contribution is 2.32. The van der Waals surface area contributed by atoms with Crippen LogP contribution in [0.25, 0.3) is 0 Å². The van der Waals surface area contributed by atoms with E-state index in [0.717, 1.165) is 30.8 Å². The lowest BCUT2D eigenvalue weighted by molar-refractivity contribution is 0.355. The summed E-state index contributed by atoms with van der Waals surface area (Å²) in [6.07, 6.45) is 1.90. The van der Waals surface area contributed by atoms with E-state index in [4.69, 9.17) is 14.9 Å². The smallest absolute Gasteiger partial charge is 0.162 e. The van der Waals surface area contributed by atoms with Crippen molar-refractivity contribution in [2.24, 2.45) is 0 Å². The topological polar surface area (TPSA) is 45.5 Å². The third-order valence-corrected chi connectivity index (χ3v) is 2.80. The molecule has 0 unspecified atom stereocenters. The normalized spacial score (nSPS) is 15.4. The van der Waals surface area contributed by atoms with Crippen LogP contribution in [0.1, 0.15) is 12.8 Å². The Bertz CT molecular complexity index is 404. The largest absolute Gasteiger partial charge is 0.493 e. The van der Waals surface area contributed by atoms with Gasteiger partial charge in [0.25, 0.3) is 0 Å². The molecule has 1 aromatic carbocycles. The van der Waals surface area contributed by atoms with Gasteiger partial charge in [-0.25, -0.2) is 0 Å². The first-order valence-electron chi connectivity index (χ1n) is 5.33. The molecule has 1 aromatic rings. The second-order valence-corrected chi connectivity index (χ2v) is 3.74. The summed E-state index contributed by atoms with van der Waals surface area (Å²) < 4.78 is 10.4. The first kappa shape index (κ1) is 10.8. The Morgan fingerprint density at radius 1 is 1.19 bits per heavy atom. The predicted octanol–water partition coefficient (Wildman–Crippen LogP) is 2.28. The number of rotatable bonds is 3. The summed E-state index contributed by atoms with van der Waals surface area (Å²) in [7, 11) is 3.24. The lowest BCUT2D eigenvalue weighted by Crippen LogP contribution is -2.22. The predicted molar refractivity (Wildman–Crippen MR) is 63.9 cm³/mol. The minimum atomic E-state index is 0.673. The second kappa shape index (κ2) is 4.43. The van der Waals surface area contributed by atoms with Gasteiger partial charge in [-0.05, 0) is 18.6 Å². The van der Waals surface area contributed by atoms with Gasteiger partial charge in [0, 0.05) is 24.7 Å². The van der Waals surface area contributed by atoms with Crippen molar-refractivity contribution in [1.29, 1.82) is 5.41 Å². The van der Waals surface area contributed by atoms with Crippen LogP contribution in [-0.2, 0) is 0 Å². The number of ether oxygens (including phenoxy) is 2. The van der Waals surface area contributed by atoms with E-state index in [9.17, 15) is 0 Å². The van der Waals surface area contributed by atoms with Crippen molar-refractivity contribution >= 4 is 11.5 Å². The third-order valence-electron chi connectivity index (χ3n) is 2.80. The van der Waals surface area contributed by atoms with E-state index < -0.39 is 0 Å². The molecule has 0 aromatic heterocycles. The van der Waals surface area contributed by atoms with Gasteiger partial charge in [-0.3, -0.25) is 5.41 Å². The summed E-state index contributed by atoms with van der Waals surface area (Å²) in [6.45, 7) is 0.911. The fourth-order valence-electron chi connectivity index (χ4n) is 1.95. The number of methoxy groups -OCH3 is 2. The minimum absolute atomic E-state index is 0.673. The van der Waals surface area contributed by atoms with Gasteiger partial charge in [-0.2, -0.15) is 0 Å². The molecule has 0 atom stereocenters. The molecule has 0 radical (unpaired) electrons. The maximum absolute atomic E-state index is 7.82. The Labute approximate surface area is 95.3 Å². The molecule has 4 heteroatoms. The van der Waals surface area contributed by atoms with E-state index in [2.05, 4.69) is 0 Å². The van der Waals surface area contributed by atoms with Crippen molar-refractivity contribution in [3.8, 4) is 11.5 Å². The number of nitrogens with zero attached hydrogens (tertiary/aromatic N) is 1. The van der Waals surface area contributed by atoms with Gasteiger partial charge in [-0.1, -0.05) is 0 Å². The summed E-state index contributed by atoms with van der Waals surface area (Å²) in [5.74, 6) is 2.10. The molecule has 1 aliphatic rings. The van der Waals surface area contributed by atoms with Crippen molar-refractivity contribution in [2.45, 2.75) is 12.8 Å². The number of amidine groups is 1. The number of hydrogen-bond donors (Lipinski definition) is 1. The van der Waals surface area contributed by atoms with Crippen LogP contribution in [-0.4, -0.2) is 26.6 Å². The van der Waals surface area contributed by atoms with Crippen LogP contribution in [0.2, 0.25) is 0 Å². The second-order valence-electron chi connectivity index (χ2n) is 3.74. The van der Waals surface area contributed by atoms with Crippen molar-refractivity contribution in [1.82, 2.24) is 0 Å². The van der Waals surface area contributed by atoms with E-state index in [1.54, 1.807) is 14.2 Å². The molecule has 16 heavy (non-hydrogen) atoms. The van der Waals surface area contributed by atoms with Crippen molar-refractivity contribution in [2.75, 3.05) is 25.7 Å². The highest BCUT2D eigenvalue weighted by molar-refractivity contribution is 5.97. The van der Waals surface area contributed by atoms with Crippen LogP contribution in [0, 0.1) is 5.41 Å². The fourth-order valence-corrected chi connectivity index (χ4v) is 1.95. The monoisotopic (exact) mass is 220 g/mol. The number of benzene rings is 1. The van der Waals surface area contributed by atoms with Crippen molar-refractivity contribution in [3.05, 3.63) is 18.2 Å². The van der Waals surface area contributed by atoms with Crippen LogP contribution < -0.4 is 14.4 Å². The molecule has 86 valence electrons. The zero-order valence-electron chi connectivity index (χ0n) is 9.62. The number of anilines is 1. The Hall–Kier alpha value is -1.71. The fraction of sp³-hybridized carbons (Fsp3) is 0.417. The molecule has 2 rings (SSSR count). The van der Waals surface area contributed by atoms with Gasteiger partial charge < -0.3 is 14.4 Å². The molecule has 1 heterocycles. The molecule has 1 fully saturated rings. The summed E-state index contributed by atoms with van der Waals surface area (Å²) >= 11 is 0. The Morgan fingerprint density at radius 3 is 2.50 bits per heavy atom. The van der Waals surface area contributed by atoms with Crippen LogP contribution in [0.5, 0.6) is 11.5 Å². The van der Waals surface area contributed by atoms with E-state index in [0.29, 0.717) is 11.6 Å². The van der Waals surface area contributed by atoms with Gasteiger partial charge in [-0.15, -0.1) is 0 Å². The first-order chi connectivity index (χ1) is 7.76. The van der Waals surface area contributed by atoms with Crippen LogP contribution >= 0.6 is 0 Å². The minimum Gasteiger partial charge on any atom is -0.493 e. The van der Waals surface area contributed by atoms with Crippen LogP contribution in [0.15, 0.2) is 18.2 Å². The molecule has 0 amide bonds. The zero-order chi connectivity index (χ0) is 11.5. The molecular weight excluding hydrogens is 204 g/mol. The third kappa shape index (κ3) is 1.83. The molecule has 1 saturated heterocycles. The highest BCUT2D eigenvalue weighted by atomic mass is 16.5. The van der Waals surface area contributed by atoms with E-state index in [1.807, 2.05) is 23.1 Å². The molecule has 4 nitrogen and oxygen atoms in total. The van der Waals surface area contributed by atoms with Gasteiger partial charge in [0.2, 0.25) is 0 Å². The molecule has 1 aliphatic heterocycles. The van der Waals surface area contributed by atoms with Crippen molar-refractivity contribution < 1.29 is 9.47 Å².